The van der Waals surface area contributed by atoms with Gasteiger partial charge in [-0.05, 0) is 43.7 Å². The van der Waals surface area contributed by atoms with E-state index in [2.05, 4.69) is 0 Å². The van der Waals surface area contributed by atoms with Gasteiger partial charge in [-0.25, -0.2) is 0 Å². The van der Waals surface area contributed by atoms with Crippen LogP contribution in [-0.2, 0) is 16.1 Å². The van der Waals surface area contributed by atoms with Crippen LogP contribution in [0.4, 0.5) is 4.79 Å². The quantitative estimate of drug-likeness (QED) is 0.378. The fourth-order valence-corrected chi connectivity index (χ4v) is 5.31. The monoisotopic (exact) mass is 487 g/mol. The molecule has 0 spiro atoms. The second-order valence-electron chi connectivity index (χ2n) is 8.87. The number of amides is 3. The minimum atomic E-state index is -0.481. The molecule has 7 nitrogen and oxygen atoms in total. The molecule has 2 aliphatic heterocycles. The van der Waals surface area contributed by atoms with E-state index < -0.39 is 11.1 Å². The van der Waals surface area contributed by atoms with Gasteiger partial charge in [0.15, 0.2) is 5.78 Å². The van der Waals surface area contributed by atoms with Crippen LogP contribution in [0.5, 0.6) is 0 Å². The van der Waals surface area contributed by atoms with Gasteiger partial charge in [-0.2, -0.15) is 0 Å². The zero-order valence-corrected chi connectivity index (χ0v) is 20.2. The average Bonchev–Trinajstić information content (AvgIpc) is 3.56. The number of ketones is 1. The number of benzene rings is 2. The van der Waals surface area contributed by atoms with Crippen molar-refractivity contribution in [1.82, 2.24) is 14.4 Å². The van der Waals surface area contributed by atoms with Gasteiger partial charge in [0.1, 0.15) is 6.54 Å². The van der Waals surface area contributed by atoms with Crippen molar-refractivity contribution >= 4 is 51.6 Å². The first-order chi connectivity index (χ1) is 16.9. The summed E-state index contributed by atoms with van der Waals surface area (Å²) in [5, 5.41) is 0.430. The highest BCUT2D eigenvalue weighted by Gasteiger charge is 2.36. The Kier molecular flexibility index (Phi) is 6.30. The molecular formula is C27H25N3O4S. The Morgan fingerprint density at radius 2 is 1.69 bits per heavy atom. The van der Waals surface area contributed by atoms with Crippen LogP contribution in [0.15, 0.2) is 59.6 Å². The molecule has 2 saturated heterocycles. The summed E-state index contributed by atoms with van der Waals surface area (Å²) in [4.78, 5) is 54.1. The topological polar surface area (TPSA) is 79.7 Å². The van der Waals surface area contributed by atoms with Crippen molar-refractivity contribution in [2.75, 3.05) is 19.6 Å². The SMILES string of the molecule is Cc1ccc(C(=O)CN2C(=O)S/C(=C\c3cn(CC(=O)N4CCCC4)c4ccccc34)C2=O)cc1. The van der Waals surface area contributed by atoms with E-state index in [1.165, 1.54) is 0 Å². The van der Waals surface area contributed by atoms with Gasteiger partial charge >= 0.3 is 0 Å². The molecule has 3 heterocycles. The van der Waals surface area contributed by atoms with Crippen molar-refractivity contribution in [2.24, 2.45) is 0 Å². The van der Waals surface area contributed by atoms with Crippen LogP contribution in [0, 0.1) is 6.92 Å². The van der Waals surface area contributed by atoms with Gasteiger partial charge in [0, 0.05) is 41.3 Å². The number of hydrogen-bond acceptors (Lipinski definition) is 5. The highest BCUT2D eigenvalue weighted by atomic mass is 32.2. The molecule has 3 amide bonds. The van der Waals surface area contributed by atoms with Crippen LogP contribution in [0.1, 0.15) is 34.3 Å². The first-order valence-corrected chi connectivity index (χ1v) is 12.4. The maximum atomic E-state index is 13.0. The number of fused-ring (bicyclic) bond motifs is 1. The summed E-state index contributed by atoms with van der Waals surface area (Å²) < 4.78 is 1.90. The van der Waals surface area contributed by atoms with Crippen LogP contribution in [0.2, 0.25) is 0 Å². The third kappa shape index (κ3) is 4.66. The largest absolute Gasteiger partial charge is 0.341 e. The minimum Gasteiger partial charge on any atom is -0.341 e. The number of aryl methyl sites for hydroxylation is 1. The van der Waals surface area contributed by atoms with Gasteiger partial charge in [0.2, 0.25) is 5.91 Å². The molecule has 0 atom stereocenters. The normalized spacial score (nSPS) is 17.2. The Morgan fingerprint density at radius 3 is 2.43 bits per heavy atom. The average molecular weight is 488 g/mol. The molecule has 0 aliphatic carbocycles. The van der Waals surface area contributed by atoms with Gasteiger partial charge in [0.25, 0.3) is 11.1 Å². The number of imide groups is 1. The third-order valence-electron chi connectivity index (χ3n) is 6.42. The number of hydrogen-bond donors (Lipinski definition) is 0. The van der Waals surface area contributed by atoms with Gasteiger partial charge in [-0.15, -0.1) is 0 Å². The Hall–Kier alpha value is -3.65. The molecule has 3 aromatic rings. The fourth-order valence-electron chi connectivity index (χ4n) is 4.49. The highest BCUT2D eigenvalue weighted by Crippen LogP contribution is 2.34. The zero-order valence-electron chi connectivity index (χ0n) is 19.4. The Balaban J connectivity index is 1.38. The summed E-state index contributed by atoms with van der Waals surface area (Å²) in [5.74, 6) is -0.694. The van der Waals surface area contributed by atoms with Crippen LogP contribution >= 0.6 is 11.8 Å². The van der Waals surface area contributed by atoms with E-state index in [-0.39, 0.29) is 29.7 Å². The van der Waals surface area contributed by atoms with E-state index in [1.807, 2.05) is 59.0 Å². The Morgan fingerprint density at radius 1 is 0.971 bits per heavy atom. The molecule has 2 fully saturated rings. The zero-order chi connectivity index (χ0) is 24.5. The number of aromatic nitrogens is 1. The van der Waals surface area contributed by atoms with Crippen molar-refractivity contribution in [3.05, 3.63) is 76.3 Å². The predicted molar refractivity (Wildman–Crippen MR) is 136 cm³/mol. The third-order valence-corrected chi connectivity index (χ3v) is 7.33. The number of carbonyl (C=O) groups excluding carboxylic acids is 4. The number of nitrogens with zero attached hydrogens (tertiary/aromatic N) is 3. The maximum Gasteiger partial charge on any atom is 0.293 e. The molecule has 0 radical (unpaired) electrons. The predicted octanol–water partition coefficient (Wildman–Crippen LogP) is 4.49. The lowest BCUT2D eigenvalue weighted by atomic mass is 10.1. The van der Waals surface area contributed by atoms with Gasteiger partial charge < -0.3 is 9.47 Å². The summed E-state index contributed by atoms with van der Waals surface area (Å²) in [5.41, 5.74) is 3.13. The number of para-hydroxylation sites is 1. The Bertz CT molecular complexity index is 1370. The minimum absolute atomic E-state index is 0.0738. The second-order valence-corrected chi connectivity index (χ2v) is 9.87. The first-order valence-electron chi connectivity index (χ1n) is 11.6. The van der Waals surface area contributed by atoms with Crippen molar-refractivity contribution in [2.45, 2.75) is 26.3 Å². The van der Waals surface area contributed by atoms with E-state index in [1.54, 1.807) is 18.2 Å². The summed E-state index contributed by atoms with van der Waals surface area (Å²) in [6.45, 7) is 3.44. The molecule has 8 heteroatoms. The van der Waals surface area contributed by atoms with Gasteiger partial charge in [-0.1, -0.05) is 48.0 Å². The molecule has 5 rings (SSSR count). The fraction of sp³-hybridized carbons (Fsp3) is 0.259. The molecule has 0 saturated carbocycles. The summed E-state index contributed by atoms with van der Waals surface area (Å²) in [6, 6.07) is 14.7. The van der Waals surface area contributed by atoms with Crippen LogP contribution in [0.25, 0.3) is 17.0 Å². The molecule has 178 valence electrons. The molecule has 0 N–H and O–H groups in total. The van der Waals surface area contributed by atoms with Crippen LogP contribution in [-0.4, -0.2) is 56.8 Å². The van der Waals surface area contributed by atoms with Crippen molar-refractivity contribution in [3.63, 3.8) is 0 Å². The number of rotatable bonds is 6. The standard InChI is InChI=1S/C27H25N3O4S/c1-18-8-10-19(11-9-18)23(31)16-30-26(33)24(35-27(30)34)14-20-15-29(22-7-3-2-6-21(20)22)17-25(32)28-12-4-5-13-28/h2-3,6-11,14-15H,4-5,12-13,16-17H2,1H3/b24-14-. The maximum absolute atomic E-state index is 13.0. The lowest BCUT2D eigenvalue weighted by Gasteiger charge is -2.15. The molecule has 0 unspecified atom stereocenters. The van der Waals surface area contributed by atoms with E-state index in [0.29, 0.717) is 5.56 Å². The second kappa shape index (κ2) is 9.54. The molecule has 2 aliphatic rings. The highest BCUT2D eigenvalue weighted by molar-refractivity contribution is 8.18. The molecular weight excluding hydrogens is 462 g/mol. The van der Waals surface area contributed by atoms with Crippen molar-refractivity contribution in [3.8, 4) is 0 Å². The molecule has 35 heavy (non-hydrogen) atoms. The summed E-state index contributed by atoms with van der Waals surface area (Å²) >= 11 is 0.830. The summed E-state index contributed by atoms with van der Waals surface area (Å²) in [6.07, 6.45) is 5.60. The van der Waals surface area contributed by atoms with E-state index in [4.69, 9.17) is 0 Å². The van der Waals surface area contributed by atoms with E-state index >= 15 is 0 Å². The van der Waals surface area contributed by atoms with Crippen LogP contribution < -0.4 is 0 Å². The molecule has 2 aromatic carbocycles. The number of likely N-dealkylation sites (tertiary alicyclic amines) is 1. The first kappa shape index (κ1) is 23.1. The molecule has 0 bridgehead atoms. The number of thioether (sulfide) groups is 1. The van der Waals surface area contributed by atoms with Crippen molar-refractivity contribution < 1.29 is 19.2 Å². The van der Waals surface area contributed by atoms with E-state index in [0.717, 1.165) is 64.6 Å². The van der Waals surface area contributed by atoms with Gasteiger partial charge in [-0.3, -0.25) is 24.1 Å². The summed E-state index contributed by atoms with van der Waals surface area (Å²) in [7, 11) is 0. The smallest absolute Gasteiger partial charge is 0.293 e. The lowest BCUT2D eigenvalue weighted by Crippen LogP contribution is -2.33. The number of carbonyl (C=O) groups is 4. The number of Topliss-reactive ketones (excluding diaryl/α,β-unsaturated/α-hetero) is 1. The lowest BCUT2D eigenvalue weighted by molar-refractivity contribution is -0.130. The van der Waals surface area contributed by atoms with Crippen LogP contribution in [0.3, 0.4) is 0 Å². The van der Waals surface area contributed by atoms with E-state index in [9.17, 15) is 19.2 Å². The molecule has 1 aromatic heterocycles. The van der Waals surface area contributed by atoms with Crippen molar-refractivity contribution in [1.29, 1.82) is 0 Å². The Labute approximate surface area is 207 Å². The van der Waals surface area contributed by atoms with Gasteiger partial charge in [0.05, 0.1) is 11.4 Å².